The SMILES string of the molecule is O=c1ccc(N[SH](=O)=O)cn1-c1ccc(OC(F)(F)F)cc1. The standard InChI is InChI=1S/C12H9F3N2O4S/c13-12(14,15)21-10-4-2-9(3-5-10)17-7-8(16-22(19)20)1-6-11(17)18/h1-7,22H,(H,16,19,20). The molecule has 0 unspecified atom stereocenters. The van der Waals surface area contributed by atoms with E-state index in [-0.39, 0.29) is 11.4 Å². The molecule has 0 atom stereocenters. The number of alkyl halides is 3. The van der Waals surface area contributed by atoms with Gasteiger partial charge < -0.3 is 4.74 Å². The molecule has 1 aromatic heterocycles. The molecule has 2 aromatic rings. The van der Waals surface area contributed by atoms with Gasteiger partial charge in [-0.1, -0.05) is 0 Å². The number of halogens is 3. The van der Waals surface area contributed by atoms with Crippen molar-refractivity contribution in [3.63, 3.8) is 0 Å². The summed E-state index contributed by atoms with van der Waals surface area (Å²) in [5, 5.41) is 0. The van der Waals surface area contributed by atoms with E-state index >= 15 is 0 Å². The van der Waals surface area contributed by atoms with Gasteiger partial charge in [-0.25, -0.2) is 8.42 Å². The van der Waals surface area contributed by atoms with E-state index in [9.17, 15) is 26.4 Å². The van der Waals surface area contributed by atoms with E-state index in [1.807, 2.05) is 0 Å². The molecule has 0 radical (unpaired) electrons. The molecule has 0 saturated heterocycles. The van der Waals surface area contributed by atoms with E-state index in [1.54, 1.807) is 0 Å². The molecule has 118 valence electrons. The number of aromatic nitrogens is 1. The van der Waals surface area contributed by atoms with E-state index in [0.29, 0.717) is 0 Å². The first kappa shape index (κ1) is 15.9. The summed E-state index contributed by atoms with van der Waals surface area (Å²) in [6.45, 7) is 0. The van der Waals surface area contributed by atoms with Crippen LogP contribution in [-0.4, -0.2) is 19.3 Å². The molecule has 0 fully saturated rings. The molecule has 1 N–H and O–H groups in total. The zero-order valence-corrected chi connectivity index (χ0v) is 11.6. The Morgan fingerprint density at radius 1 is 1.05 bits per heavy atom. The van der Waals surface area contributed by atoms with Gasteiger partial charge in [0.15, 0.2) is 0 Å². The molecule has 2 rings (SSSR count). The lowest BCUT2D eigenvalue weighted by Gasteiger charge is -2.11. The van der Waals surface area contributed by atoms with Gasteiger partial charge in [0.1, 0.15) is 5.75 Å². The number of anilines is 1. The quantitative estimate of drug-likeness (QED) is 0.834. The Hall–Kier alpha value is -2.49. The molecule has 0 amide bonds. The Labute approximate surface area is 123 Å². The van der Waals surface area contributed by atoms with Gasteiger partial charge in [0.2, 0.25) is 10.9 Å². The van der Waals surface area contributed by atoms with Crippen LogP contribution in [0.15, 0.2) is 47.4 Å². The van der Waals surface area contributed by atoms with Crippen LogP contribution in [-0.2, 0) is 10.9 Å². The third kappa shape index (κ3) is 4.25. The summed E-state index contributed by atoms with van der Waals surface area (Å²) in [5.74, 6) is -0.429. The highest BCUT2D eigenvalue weighted by Gasteiger charge is 2.30. The summed E-state index contributed by atoms with van der Waals surface area (Å²) < 4.78 is 64.3. The number of nitrogens with one attached hydrogen (secondary N) is 1. The molecule has 0 bridgehead atoms. The predicted molar refractivity (Wildman–Crippen MR) is 72.7 cm³/mol. The van der Waals surface area contributed by atoms with Crippen LogP contribution in [0.1, 0.15) is 0 Å². The van der Waals surface area contributed by atoms with Crippen LogP contribution in [0.2, 0.25) is 0 Å². The smallest absolute Gasteiger partial charge is 0.406 e. The first-order valence-corrected chi connectivity index (χ1v) is 6.92. The lowest BCUT2D eigenvalue weighted by molar-refractivity contribution is -0.274. The number of rotatable bonds is 4. The Morgan fingerprint density at radius 3 is 2.23 bits per heavy atom. The second-order valence-electron chi connectivity index (χ2n) is 4.04. The first-order valence-electron chi connectivity index (χ1n) is 5.74. The maximum Gasteiger partial charge on any atom is 0.573 e. The monoisotopic (exact) mass is 334 g/mol. The van der Waals surface area contributed by atoms with Crippen molar-refractivity contribution in [2.24, 2.45) is 0 Å². The van der Waals surface area contributed by atoms with Crippen LogP contribution < -0.4 is 15.0 Å². The van der Waals surface area contributed by atoms with E-state index in [1.165, 1.54) is 24.4 Å². The molecule has 0 aliphatic heterocycles. The molecule has 0 aliphatic rings. The number of hydrogen-bond donors (Lipinski definition) is 2. The van der Waals surface area contributed by atoms with Crippen molar-refractivity contribution < 1.29 is 26.3 Å². The third-order valence-electron chi connectivity index (χ3n) is 2.48. The van der Waals surface area contributed by atoms with Crippen molar-refractivity contribution in [1.82, 2.24) is 4.57 Å². The van der Waals surface area contributed by atoms with Gasteiger partial charge in [-0.2, -0.15) is 0 Å². The van der Waals surface area contributed by atoms with Gasteiger partial charge in [-0.15, -0.1) is 13.2 Å². The maximum absolute atomic E-state index is 12.1. The number of nitrogens with zero attached hydrogens (tertiary/aromatic N) is 1. The molecule has 10 heteroatoms. The minimum atomic E-state index is -4.80. The summed E-state index contributed by atoms with van der Waals surface area (Å²) in [4.78, 5) is 11.7. The number of ether oxygens (including phenoxy) is 1. The molecular formula is C12H9F3N2O4S. The minimum absolute atomic E-state index is 0.145. The predicted octanol–water partition coefficient (Wildman–Crippen LogP) is 1.67. The minimum Gasteiger partial charge on any atom is -0.406 e. The van der Waals surface area contributed by atoms with Gasteiger partial charge in [-0.05, 0) is 30.3 Å². The fourth-order valence-corrected chi connectivity index (χ4v) is 2.01. The van der Waals surface area contributed by atoms with Crippen molar-refractivity contribution >= 4 is 16.6 Å². The largest absolute Gasteiger partial charge is 0.573 e. The van der Waals surface area contributed by atoms with Crippen molar-refractivity contribution in [3.05, 3.63) is 52.9 Å². The second kappa shape index (κ2) is 6.10. The fraction of sp³-hybridized carbons (Fsp3) is 0.0833. The maximum atomic E-state index is 12.1. The van der Waals surface area contributed by atoms with Crippen molar-refractivity contribution in [2.75, 3.05) is 4.72 Å². The van der Waals surface area contributed by atoms with Crippen LogP contribution in [0.3, 0.4) is 0 Å². The Balaban J connectivity index is 2.33. The highest BCUT2D eigenvalue weighted by atomic mass is 32.2. The van der Waals surface area contributed by atoms with Crippen LogP contribution in [0.25, 0.3) is 5.69 Å². The van der Waals surface area contributed by atoms with Crippen LogP contribution >= 0.6 is 0 Å². The topological polar surface area (TPSA) is 77.4 Å². The second-order valence-corrected chi connectivity index (χ2v) is 4.77. The zero-order valence-electron chi connectivity index (χ0n) is 10.7. The average molecular weight is 334 g/mol. The normalized spacial score (nSPS) is 11.5. The molecule has 0 saturated carbocycles. The Kier molecular flexibility index (Phi) is 4.40. The van der Waals surface area contributed by atoms with Crippen LogP contribution in [0.5, 0.6) is 5.75 Å². The Morgan fingerprint density at radius 2 is 1.68 bits per heavy atom. The van der Waals surface area contributed by atoms with E-state index < -0.39 is 28.6 Å². The van der Waals surface area contributed by atoms with E-state index in [2.05, 4.69) is 9.46 Å². The number of benzene rings is 1. The molecule has 0 aliphatic carbocycles. The van der Waals surface area contributed by atoms with E-state index in [0.717, 1.165) is 22.8 Å². The van der Waals surface area contributed by atoms with E-state index in [4.69, 9.17) is 0 Å². The summed E-state index contributed by atoms with van der Waals surface area (Å²) in [5.41, 5.74) is -0.0770. The average Bonchev–Trinajstić information content (AvgIpc) is 2.40. The summed E-state index contributed by atoms with van der Waals surface area (Å²) in [6, 6.07) is 6.96. The molecule has 0 spiro atoms. The lowest BCUT2D eigenvalue weighted by atomic mass is 10.3. The molecule has 6 nitrogen and oxygen atoms in total. The highest BCUT2D eigenvalue weighted by molar-refractivity contribution is 7.73. The first-order chi connectivity index (χ1) is 10.2. The van der Waals surface area contributed by atoms with Crippen LogP contribution in [0, 0.1) is 0 Å². The molecule has 1 heterocycles. The number of thiol groups is 1. The summed E-state index contributed by atoms with van der Waals surface area (Å²) >= 11 is 0. The van der Waals surface area contributed by atoms with Gasteiger partial charge in [0, 0.05) is 18.0 Å². The van der Waals surface area contributed by atoms with Gasteiger partial charge >= 0.3 is 6.36 Å². The van der Waals surface area contributed by atoms with Crippen molar-refractivity contribution in [1.29, 1.82) is 0 Å². The van der Waals surface area contributed by atoms with Gasteiger partial charge in [0.25, 0.3) is 5.56 Å². The number of pyridine rings is 1. The molecule has 1 aromatic carbocycles. The molecular weight excluding hydrogens is 325 g/mol. The number of hydrogen-bond acceptors (Lipinski definition) is 4. The fourth-order valence-electron chi connectivity index (χ4n) is 1.67. The molecule has 22 heavy (non-hydrogen) atoms. The highest BCUT2D eigenvalue weighted by Crippen LogP contribution is 2.23. The zero-order chi connectivity index (χ0) is 16.3. The third-order valence-corrected chi connectivity index (χ3v) is 2.92. The van der Waals surface area contributed by atoms with Gasteiger partial charge in [-0.3, -0.25) is 14.1 Å². The summed E-state index contributed by atoms with van der Waals surface area (Å²) in [6.07, 6.45) is -3.59. The van der Waals surface area contributed by atoms with Crippen LogP contribution in [0.4, 0.5) is 18.9 Å². The van der Waals surface area contributed by atoms with Crippen molar-refractivity contribution in [2.45, 2.75) is 6.36 Å². The van der Waals surface area contributed by atoms with Crippen molar-refractivity contribution in [3.8, 4) is 11.4 Å². The Bertz CT molecular complexity index is 789. The summed E-state index contributed by atoms with van der Waals surface area (Å²) in [7, 11) is -2.90. The lowest BCUT2D eigenvalue weighted by Crippen LogP contribution is -2.18. The van der Waals surface area contributed by atoms with Gasteiger partial charge in [0.05, 0.1) is 5.69 Å².